The fraction of sp³-hybridized carbons (Fsp3) is 0.500. The molecule has 0 aromatic carbocycles. The molecule has 0 saturated carbocycles. The van der Waals surface area contributed by atoms with Crippen LogP contribution in [0.5, 0.6) is 5.88 Å². The Balaban J connectivity index is 1.86. The van der Waals surface area contributed by atoms with Crippen molar-refractivity contribution in [2.24, 2.45) is 5.92 Å². The number of ether oxygens (including phenoxy) is 1. The normalized spacial score (nSPS) is 25.0. The quantitative estimate of drug-likeness (QED) is 0.842. The van der Waals surface area contributed by atoms with Crippen LogP contribution in [0, 0.1) is 5.92 Å². The zero-order chi connectivity index (χ0) is 11.7. The van der Waals surface area contributed by atoms with Crippen molar-refractivity contribution in [1.29, 1.82) is 0 Å². The monoisotopic (exact) mass is 232 g/mol. The summed E-state index contributed by atoms with van der Waals surface area (Å²) in [6, 6.07) is 1.92. The number of hydrogen-bond donors (Lipinski definition) is 1. The minimum atomic E-state index is 0.192. The zero-order valence-corrected chi connectivity index (χ0v) is 9.84. The maximum absolute atomic E-state index is 6.00. The van der Waals surface area contributed by atoms with E-state index in [9.17, 15) is 0 Å². The van der Waals surface area contributed by atoms with E-state index >= 15 is 0 Å². The molecule has 3 heterocycles. The highest BCUT2D eigenvalue weighted by molar-refractivity contribution is 5.54. The molecule has 90 valence electrons. The minimum Gasteiger partial charge on any atom is -0.471 e. The number of nitrogens with one attached hydrogen (secondary N) is 1. The largest absolute Gasteiger partial charge is 0.471 e. The van der Waals surface area contributed by atoms with Gasteiger partial charge in [0.05, 0.1) is 6.20 Å². The molecule has 2 unspecified atom stereocenters. The predicted octanol–water partition coefficient (Wildman–Crippen LogP) is 1.11. The summed E-state index contributed by atoms with van der Waals surface area (Å²) in [4.78, 5) is 4.30. The Morgan fingerprint density at radius 1 is 1.47 bits per heavy atom. The second-order valence-corrected chi connectivity index (χ2v) is 4.52. The van der Waals surface area contributed by atoms with Crippen LogP contribution >= 0.6 is 0 Å². The smallest absolute Gasteiger partial charge is 0.240 e. The first kappa shape index (κ1) is 10.5. The summed E-state index contributed by atoms with van der Waals surface area (Å²) in [7, 11) is 0. The number of piperidine rings is 1. The fourth-order valence-corrected chi connectivity index (χ4v) is 2.19. The predicted molar refractivity (Wildman–Crippen MR) is 64.1 cm³/mol. The molecule has 0 aliphatic carbocycles. The van der Waals surface area contributed by atoms with Crippen molar-refractivity contribution in [2.45, 2.75) is 19.4 Å². The van der Waals surface area contributed by atoms with Gasteiger partial charge in [0.25, 0.3) is 0 Å². The van der Waals surface area contributed by atoms with Gasteiger partial charge >= 0.3 is 0 Å². The topological polar surface area (TPSA) is 51.5 Å². The lowest BCUT2D eigenvalue weighted by Crippen LogP contribution is -2.43. The van der Waals surface area contributed by atoms with Crippen LogP contribution in [0.15, 0.2) is 24.7 Å². The van der Waals surface area contributed by atoms with E-state index in [4.69, 9.17) is 4.74 Å². The van der Waals surface area contributed by atoms with E-state index in [0.717, 1.165) is 25.0 Å². The van der Waals surface area contributed by atoms with Gasteiger partial charge in [-0.3, -0.25) is 0 Å². The Hall–Kier alpha value is -1.62. The third kappa shape index (κ3) is 1.98. The van der Waals surface area contributed by atoms with Gasteiger partial charge in [-0.15, -0.1) is 0 Å². The first-order valence-electron chi connectivity index (χ1n) is 6.00. The molecular weight excluding hydrogens is 216 g/mol. The van der Waals surface area contributed by atoms with E-state index in [2.05, 4.69) is 22.3 Å². The average Bonchev–Trinajstić information content (AvgIpc) is 2.81. The van der Waals surface area contributed by atoms with Crippen molar-refractivity contribution in [3.8, 4) is 5.88 Å². The molecule has 0 amide bonds. The molecule has 0 radical (unpaired) electrons. The van der Waals surface area contributed by atoms with Crippen LogP contribution in [0.3, 0.4) is 0 Å². The van der Waals surface area contributed by atoms with Gasteiger partial charge in [-0.1, -0.05) is 6.92 Å². The molecule has 5 heteroatoms. The zero-order valence-electron chi connectivity index (χ0n) is 9.84. The van der Waals surface area contributed by atoms with Crippen molar-refractivity contribution < 1.29 is 4.74 Å². The summed E-state index contributed by atoms with van der Waals surface area (Å²) >= 11 is 0. The Morgan fingerprint density at radius 2 is 2.41 bits per heavy atom. The van der Waals surface area contributed by atoms with Crippen LogP contribution in [0.2, 0.25) is 0 Å². The first-order valence-corrected chi connectivity index (χ1v) is 6.00. The van der Waals surface area contributed by atoms with Gasteiger partial charge < -0.3 is 10.1 Å². The van der Waals surface area contributed by atoms with Crippen LogP contribution in [-0.2, 0) is 0 Å². The van der Waals surface area contributed by atoms with Crippen LogP contribution < -0.4 is 10.1 Å². The summed E-state index contributed by atoms with van der Waals surface area (Å²) in [5.74, 6) is 1.23. The lowest BCUT2D eigenvalue weighted by atomic mass is 9.97. The van der Waals surface area contributed by atoms with Gasteiger partial charge in [-0.2, -0.15) is 5.10 Å². The molecule has 3 rings (SSSR count). The standard InChI is InChI=1S/C12H16N4O/c1-9-2-4-13-8-11(9)17-12-10-3-5-15-16(10)7-6-14-12/h3,5-7,9,11,13H,2,4,8H2,1H3. The van der Waals surface area contributed by atoms with Crippen LogP contribution in [-0.4, -0.2) is 33.8 Å². The van der Waals surface area contributed by atoms with E-state index in [1.165, 1.54) is 0 Å². The molecule has 1 N–H and O–H groups in total. The van der Waals surface area contributed by atoms with Crippen LogP contribution in [0.25, 0.3) is 5.52 Å². The molecule has 0 spiro atoms. The van der Waals surface area contributed by atoms with E-state index in [0.29, 0.717) is 11.8 Å². The van der Waals surface area contributed by atoms with E-state index in [1.54, 1.807) is 16.9 Å². The van der Waals surface area contributed by atoms with E-state index in [1.807, 2.05) is 12.3 Å². The molecular formula is C12H16N4O. The van der Waals surface area contributed by atoms with E-state index < -0.39 is 0 Å². The molecule has 1 aliphatic rings. The van der Waals surface area contributed by atoms with Gasteiger partial charge in [-0.25, -0.2) is 9.50 Å². The number of rotatable bonds is 2. The summed E-state index contributed by atoms with van der Waals surface area (Å²) in [5, 5.41) is 7.52. The van der Waals surface area contributed by atoms with Gasteiger partial charge in [0.15, 0.2) is 0 Å². The SMILES string of the molecule is CC1CCNCC1Oc1nccn2nccc12. The Kier molecular flexibility index (Phi) is 2.68. The number of aromatic nitrogens is 3. The molecule has 0 bridgehead atoms. The summed E-state index contributed by atoms with van der Waals surface area (Å²) in [5.41, 5.74) is 0.922. The highest BCUT2D eigenvalue weighted by atomic mass is 16.5. The van der Waals surface area contributed by atoms with Crippen molar-refractivity contribution >= 4 is 5.52 Å². The van der Waals surface area contributed by atoms with Gasteiger partial charge in [0.2, 0.25) is 5.88 Å². The third-order valence-corrected chi connectivity index (χ3v) is 3.31. The fourth-order valence-electron chi connectivity index (χ4n) is 2.19. The lowest BCUT2D eigenvalue weighted by Gasteiger charge is -2.29. The highest BCUT2D eigenvalue weighted by Crippen LogP contribution is 2.21. The van der Waals surface area contributed by atoms with Crippen LogP contribution in [0.1, 0.15) is 13.3 Å². The van der Waals surface area contributed by atoms with Gasteiger partial charge in [0.1, 0.15) is 11.6 Å². The van der Waals surface area contributed by atoms with Crippen LogP contribution in [0.4, 0.5) is 0 Å². The lowest BCUT2D eigenvalue weighted by molar-refractivity contribution is 0.111. The average molecular weight is 232 g/mol. The van der Waals surface area contributed by atoms with Crippen molar-refractivity contribution in [2.75, 3.05) is 13.1 Å². The molecule has 2 aromatic heterocycles. The molecule has 1 fully saturated rings. The highest BCUT2D eigenvalue weighted by Gasteiger charge is 2.23. The van der Waals surface area contributed by atoms with Crippen molar-refractivity contribution in [3.05, 3.63) is 24.7 Å². The Bertz CT molecular complexity index is 510. The number of hydrogen-bond acceptors (Lipinski definition) is 4. The molecule has 2 aromatic rings. The van der Waals surface area contributed by atoms with E-state index in [-0.39, 0.29) is 6.10 Å². The maximum atomic E-state index is 6.00. The summed E-state index contributed by atoms with van der Waals surface area (Å²) < 4.78 is 7.79. The van der Waals surface area contributed by atoms with Gasteiger partial charge in [-0.05, 0) is 24.9 Å². The van der Waals surface area contributed by atoms with Crippen molar-refractivity contribution in [3.63, 3.8) is 0 Å². The minimum absolute atomic E-state index is 0.192. The molecule has 5 nitrogen and oxygen atoms in total. The van der Waals surface area contributed by atoms with Gasteiger partial charge in [0, 0.05) is 18.9 Å². The molecule has 2 atom stereocenters. The van der Waals surface area contributed by atoms with Crippen molar-refractivity contribution in [1.82, 2.24) is 19.9 Å². The first-order chi connectivity index (χ1) is 8.34. The second-order valence-electron chi connectivity index (χ2n) is 4.52. The number of nitrogens with zero attached hydrogens (tertiary/aromatic N) is 3. The Morgan fingerprint density at radius 3 is 3.29 bits per heavy atom. The summed E-state index contributed by atoms with van der Waals surface area (Å²) in [6.07, 6.45) is 6.64. The third-order valence-electron chi connectivity index (χ3n) is 3.31. The maximum Gasteiger partial charge on any atom is 0.240 e. The summed E-state index contributed by atoms with van der Waals surface area (Å²) in [6.45, 7) is 4.19. The molecule has 1 saturated heterocycles. The number of fused-ring (bicyclic) bond motifs is 1. The molecule has 17 heavy (non-hydrogen) atoms. The molecule has 1 aliphatic heterocycles. The Labute approximate surface area is 99.8 Å². The second kappa shape index (κ2) is 4.33.